The number of nitrogens with zero attached hydrogens (tertiary/aromatic N) is 2. The number of hydrogen-bond donors (Lipinski definition) is 0. The Bertz CT molecular complexity index is 1580. The van der Waals surface area contributed by atoms with Gasteiger partial charge in [-0.1, -0.05) is 19.9 Å². The number of aromatic nitrogens is 1. The summed E-state index contributed by atoms with van der Waals surface area (Å²) in [6.45, 7) is 8.79. The lowest BCUT2D eigenvalue weighted by Gasteiger charge is -2.17. The highest BCUT2D eigenvalue weighted by Gasteiger charge is 2.27. The second kappa shape index (κ2) is 14.0. The molecule has 0 aliphatic carbocycles. The summed E-state index contributed by atoms with van der Waals surface area (Å²) in [5, 5.41) is 0. The minimum Gasteiger partial charge on any atom is -0.494 e. The largest absolute Gasteiger partial charge is 0.494 e. The van der Waals surface area contributed by atoms with Gasteiger partial charge in [0.25, 0.3) is 0 Å². The standard InChI is InChI=1S/C33H42N2O6S/c1-7-40-27-12-15-30-33(29(24(2)3)23-35(30)22-27)42(36,37)28-13-10-26(11-14-28)41-20-8-18-34(4)19-17-25-9-16-31(38-5)32(21-25)39-6/h9-16,21-24H,7-8,17-20H2,1-6H3. The Morgan fingerprint density at radius 1 is 0.857 bits per heavy atom. The van der Waals surface area contributed by atoms with Crippen molar-refractivity contribution in [2.75, 3.05) is 47.6 Å². The zero-order chi connectivity index (χ0) is 30.3. The van der Waals surface area contributed by atoms with E-state index < -0.39 is 9.84 Å². The normalized spacial score (nSPS) is 11.8. The molecule has 4 rings (SSSR count). The molecule has 0 spiro atoms. The predicted octanol–water partition coefficient (Wildman–Crippen LogP) is 6.25. The first-order valence-electron chi connectivity index (χ1n) is 14.3. The van der Waals surface area contributed by atoms with E-state index in [1.54, 1.807) is 38.5 Å². The van der Waals surface area contributed by atoms with Crippen LogP contribution in [0.15, 0.2) is 76.8 Å². The third-order valence-corrected chi connectivity index (χ3v) is 9.12. The van der Waals surface area contributed by atoms with Crippen LogP contribution in [0.5, 0.6) is 23.0 Å². The van der Waals surface area contributed by atoms with Gasteiger partial charge in [-0.3, -0.25) is 0 Å². The number of likely N-dealkylation sites (N-methyl/N-ethyl adjacent to an activating group) is 1. The molecule has 2 heterocycles. The van der Waals surface area contributed by atoms with Gasteiger partial charge in [-0.15, -0.1) is 0 Å². The topological polar surface area (TPSA) is 78.7 Å². The van der Waals surface area contributed by atoms with Crippen LogP contribution in [0, 0.1) is 0 Å². The van der Waals surface area contributed by atoms with E-state index in [4.69, 9.17) is 18.9 Å². The molecule has 0 aliphatic rings. The van der Waals surface area contributed by atoms with Crippen molar-refractivity contribution in [1.29, 1.82) is 0 Å². The van der Waals surface area contributed by atoms with E-state index in [1.807, 2.05) is 61.8 Å². The number of pyridine rings is 1. The molecular weight excluding hydrogens is 552 g/mol. The lowest BCUT2D eigenvalue weighted by Crippen LogP contribution is -2.23. The fourth-order valence-corrected chi connectivity index (χ4v) is 6.71. The molecule has 226 valence electrons. The summed E-state index contributed by atoms with van der Waals surface area (Å²) in [7, 11) is 1.62. The fraction of sp³-hybridized carbons (Fsp3) is 0.394. The summed E-state index contributed by atoms with van der Waals surface area (Å²) in [6.07, 6.45) is 5.46. The first-order valence-corrected chi connectivity index (χ1v) is 15.8. The molecule has 0 atom stereocenters. The van der Waals surface area contributed by atoms with Gasteiger partial charge in [0.05, 0.1) is 44.0 Å². The second-order valence-corrected chi connectivity index (χ2v) is 12.5. The Hall–Kier alpha value is -3.69. The van der Waals surface area contributed by atoms with Crippen LogP contribution in [0.2, 0.25) is 0 Å². The van der Waals surface area contributed by atoms with Gasteiger partial charge in [-0.25, -0.2) is 8.42 Å². The highest BCUT2D eigenvalue weighted by molar-refractivity contribution is 7.91. The third-order valence-electron chi connectivity index (χ3n) is 7.24. The smallest absolute Gasteiger partial charge is 0.209 e. The van der Waals surface area contributed by atoms with Crippen LogP contribution in [-0.4, -0.2) is 65.3 Å². The average Bonchev–Trinajstić information content (AvgIpc) is 3.39. The number of benzene rings is 2. The number of sulfone groups is 1. The summed E-state index contributed by atoms with van der Waals surface area (Å²) in [5.74, 6) is 2.85. The van der Waals surface area contributed by atoms with E-state index in [9.17, 15) is 8.42 Å². The lowest BCUT2D eigenvalue weighted by molar-refractivity contribution is 0.264. The third kappa shape index (κ3) is 7.20. The Kier molecular flexibility index (Phi) is 10.4. The van der Waals surface area contributed by atoms with E-state index in [1.165, 1.54) is 5.56 Å². The number of hydrogen-bond acceptors (Lipinski definition) is 7. The van der Waals surface area contributed by atoms with Gasteiger partial charge in [-0.05, 0) is 92.4 Å². The number of ether oxygens (including phenoxy) is 4. The Balaban J connectivity index is 1.34. The van der Waals surface area contributed by atoms with Crippen molar-refractivity contribution in [3.8, 4) is 23.0 Å². The van der Waals surface area contributed by atoms with Crippen LogP contribution < -0.4 is 18.9 Å². The monoisotopic (exact) mass is 594 g/mol. The van der Waals surface area contributed by atoms with Gasteiger partial charge in [0.15, 0.2) is 11.5 Å². The molecule has 8 nitrogen and oxygen atoms in total. The van der Waals surface area contributed by atoms with Gasteiger partial charge in [-0.2, -0.15) is 0 Å². The van der Waals surface area contributed by atoms with Gasteiger partial charge in [0.1, 0.15) is 16.4 Å². The molecule has 0 amide bonds. The maximum atomic E-state index is 13.8. The first-order chi connectivity index (χ1) is 20.2. The van der Waals surface area contributed by atoms with Gasteiger partial charge < -0.3 is 28.2 Å². The van der Waals surface area contributed by atoms with Gasteiger partial charge in [0.2, 0.25) is 9.84 Å². The molecule has 2 aromatic heterocycles. The molecule has 0 radical (unpaired) electrons. The minimum absolute atomic E-state index is 0.0324. The van der Waals surface area contributed by atoms with Gasteiger partial charge >= 0.3 is 0 Å². The molecule has 2 aromatic carbocycles. The number of rotatable bonds is 15. The minimum atomic E-state index is -3.75. The summed E-state index contributed by atoms with van der Waals surface area (Å²) >= 11 is 0. The molecule has 0 saturated heterocycles. The molecule has 0 aliphatic heterocycles. The molecule has 0 bridgehead atoms. The Morgan fingerprint density at radius 2 is 1.57 bits per heavy atom. The SMILES string of the molecule is CCOc1ccc2c(S(=O)(=O)c3ccc(OCCCN(C)CCc4ccc(OC)c(OC)c4)cc3)c(C(C)C)cn2c1. The molecule has 9 heteroatoms. The number of methoxy groups -OCH3 is 2. The maximum Gasteiger partial charge on any atom is 0.209 e. The Labute approximate surface area is 249 Å². The summed E-state index contributed by atoms with van der Waals surface area (Å²) in [6, 6.07) is 16.3. The molecular formula is C33H42N2O6S. The number of fused-ring (bicyclic) bond motifs is 1. The predicted molar refractivity (Wildman–Crippen MR) is 165 cm³/mol. The molecule has 0 saturated carbocycles. The van der Waals surface area contributed by atoms with E-state index >= 15 is 0 Å². The van der Waals surface area contributed by atoms with Crippen LogP contribution in [0.3, 0.4) is 0 Å². The first kappa shape index (κ1) is 31.3. The van der Waals surface area contributed by atoms with E-state index in [0.29, 0.717) is 35.1 Å². The second-order valence-electron chi connectivity index (χ2n) is 10.6. The van der Waals surface area contributed by atoms with E-state index in [2.05, 4.69) is 18.0 Å². The van der Waals surface area contributed by atoms with Crippen LogP contribution in [-0.2, 0) is 16.3 Å². The van der Waals surface area contributed by atoms with Crippen LogP contribution in [0.1, 0.15) is 44.2 Å². The lowest BCUT2D eigenvalue weighted by atomic mass is 10.1. The van der Waals surface area contributed by atoms with Crippen molar-refractivity contribution in [2.45, 2.75) is 49.3 Å². The summed E-state index contributed by atoms with van der Waals surface area (Å²) in [4.78, 5) is 2.85. The average molecular weight is 595 g/mol. The molecule has 0 N–H and O–H groups in total. The van der Waals surface area contributed by atoms with Crippen LogP contribution in [0.4, 0.5) is 0 Å². The maximum absolute atomic E-state index is 13.8. The molecule has 0 fully saturated rings. The Morgan fingerprint density at radius 3 is 2.24 bits per heavy atom. The van der Waals surface area contributed by atoms with Crippen molar-refractivity contribution in [2.24, 2.45) is 0 Å². The highest BCUT2D eigenvalue weighted by atomic mass is 32.2. The van der Waals surface area contributed by atoms with E-state index in [0.717, 1.165) is 43.0 Å². The zero-order valence-electron chi connectivity index (χ0n) is 25.4. The quantitative estimate of drug-likeness (QED) is 0.151. The molecule has 42 heavy (non-hydrogen) atoms. The summed E-state index contributed by atoms with van der Waals surface area (Å²) < 4.78 is 51.7. The van der Waals surface area contributed by atoms with E-state index in [-0.39, 0.29) is 10.8 Å². The van der Waals surface area contributed by atoms with Crippen LogP contribution >= 0.6 is 0 Å². The highest BCUT2D eigenvalue weighted by Crippen LogP contribution is 2.35. The molecule has 0 unspecified atom stereocenters. The zero-order valence-corrected chi connectivity index (χ0v) is 26.2. The van der Waals surface area contributed by atoms with Crippen molar-refractivity contribution in [1.82, 2.24) is 9.30 Å². The van der Waals surface area contributed by atoms with Crippen molar-refractivity contribution in [3.05, 3.63) is 78.1 Å². The summed E-state index contributed by atoms with van der Waals surface area (Å²) in [5.41, 5.74) is 2.60. The van der Waals surface area contributed by atoms with Gasteiger partial charge in [0, 0.05) is 19.3 Å². The van der Waals surface area contributed by atoms with Crippen LogP contribution in [0.25, 0.3) is 5.52 Å². The fourth-order valence-electron chi connectivity index (χ4n) is 4.93. The van der Waals surface area contributed by atoms with Crippen molar-refractivity contribution >= 4 is 15.4 Å². The van der Waals surface area contributed by atoms with Crippen molar-refractivity contribution in [3.63, 3.8) is 0 Å². The van der Waals surface area contributed by atoms with Crippen molar-refractivity contribution < 1.29 is 27.4 Å². The molecule has 4 aromatic rings.